The van der Waals surface area contributed by atoms with E-state index in [9.17, 15) is 30.0 Å². The fourth-order valence-corrected chi connectivity index (χ4v) is 15.9. The Kier molecular flexibility index (Phi) is 15.9. The number of aliphatic hydroxyl groups is 4. The predicted octanol–water partition coefficient (Wildman–Crippen LogP) is 9.47. The van der Waals surface area contributed by atoms with Crippen LogP contribution in [-0.4, -0.2) is 68.4 Å². The highest BCUT2D eigenvalue weighted by Gasteiger charge is 2.59. The molecule has 66 heavy (non-hydrogen) atoms. The van der Waals surface area contributed by atoms with Gasteiger partial charge in [0.15, 0.2) is 11.5 Å². The van der Waals surface area contributed by atoms with Gasteiger partial charge in [0.1, 0.15) is 0 Å². The number of aliphatic hydroxyl groups excluding tert-OH is 4. The summed E-state index contributed by atoms with van der Waals surface area (Å²) in [7, 11) is 0. The van der Waals surface area contributed by atoms with Crippen LogP contribution in [0.5, 0.6) is 0 Å². The molecule has 10 nitrogen and oxygen atoms in total. The Balaban J connectivity index is 1.01. The van der Waals surface area contributed by atoms with Crippen LogP contribution in [-0.2, 0) is 9.59 Å². The van der Waals surface area contributed by atoms with E-state index >= 15 is 0 Å². The van der Waals surface area contributed by atoms with Gasteiger partial charge in [-0.15, -0.1) is 0 Å². The number of nitrogens with two attached hydrogens (primary N) is 2. The molecule has 10 unspecified atom stereocenters. The zero-order chi connectivity index (χ0) is 47.1. The fraction of sp³-hybridized carbons (Fsp3) is 0.821. The van der Waals surface area contributed by atoms with Crippen molar-refractivity contribution in [3.05, 3.63) is 46.2 Å². The van der Waals surface area contributed by atoms with Gasteiger partial charge in [0.25, 0.3) is 0 Å². The van der Waals surface area contributed by atoms with Gasteiger partial charge >= 0.3 is 0 Å². The van der Waals surface area contributed by atoms with Crippen LogP contribution < -0.4 is 22.1 Å². The molecule has 8 rings (SSSR count). The van der Waals surface area contributed by atoms with Crippen LogP contribution in [0.1, 0.15) is 170 Å². The average molecular weight is 915 g/mol. The lowest BCUT2D eigenvalue weighted by Gasteiger charge is -2.56. The van der Waals surface area contributed by atoms with E-state index in [-0.39, 0.29) is 70.9 Å². The van der Waals surface area contributed by atoms with Crippen LogP contribution >= 0.6 is 0 Å². The van der Waals surface area contributed by atoms with Crippen molar-refractivity contribution in [2.75, 3.05) is 0 Å². The first kappa shape index (κ1) is 49.8. The number of allylic oxidation sites excluding steroid dienone is 4. The average Bonchev–Trinajstić information content (AvgIpc) is 3.28. The summed E-state index contributed by atoms with van der Waals surface area (Å²) in [4.78, 5) is 28.7. The summed E-state index contributed by atoms with van der Waals surface area (Å²) in [5.41, 5.74) is 14.8. The zero-order valence-electron chi connectivity index (χ0n) is 41.6. The van der Waals surface area contributed by atoms with E-state index in [4.69, 9.17) is 11.5 Å². The first-order chi connectivity index (χ1) is 31.5. The molecular formula is C56H90N4O6. The molecule has 0 saturated heterocycles. The van der Waals surface area contributed by atoms with Crippen LogP contribution in [0.4, 0.5) is 0 Å². The first-order valence-electron chi connectivity index (χ1n) is 27.3. The standard InChI is InChI=1S/C56H90N4O6/c1-29(2)45-41-23-31(5)47(53(63)49(41)43(51(61)55(45)65)27-59-39-19-11-35(12-20-39)25-33-7-15-37(57)16-8-33)48-32(6)24-42-46(30(3)4)56(66)52(62)44(50(42)54(48)64)28-60-40-21-13-36(14-22-40)26-34-9-17-38(58)18-10-34/h27-42,47-50,53-54,59-60,63-66H,7-26,57-58H2,1-6H3/b43-27-,44-28+. The molecule has 10 atom stereocenters. The molecular weight excluding hydrogens is 825 g/mol. The van der Waals surface area contributed by atoms with Gasteiger partial charge in [-0.2, -0.15) is 0 Å². The number of fused-ring (bicyclic) bond motifs is 2. The van der Waals surface area contributed by atoms with E-state index in [0.29, 0.717) is 36.1 Å². The molecule has 0 spiro atoms. The molecule has 8 aliphatic rings. The lowest BCUT2D eigenvalue weighted by atomic mass is 9.50. The number of ketones is 2. The summed E-state index contributed by atoms with van der Waals surface area (Å²) in [6.45, 7) is 12.4. The van der Waals surface area contributed by atoms with Gasteiger partial charge in [-0.3, -0.25) is 9.59 Å². The highest BCUT2D eigenvalue weighted by molar-refractivity contribution is 6.09. The smallest absolute Gasteiger partial charge is 0.225 e. The topological polar surface area (TPSA) is 191 Å². The Bertz CT molecular complexity index is 1710. The van der Waals surface area contributed by atoms with Crippen molar-refractivity contribution in [3.63, 3.8) is 0 Å². The molecule has 0 heterocycles. The monoisotopic (exact) mass is 915 g/mol. The molecule has 0 amide bonds. The summed E-state index contributed by atoms with van der Waals surface area (Å²) in [6.07, 6.45) is 24.0. The van der Waals surface area contributed by atoms with Crippen LogP contribution in [0.25, 0.3) is 0 Å². The van der Waals surface area contributed by atoms with Crippen LogP contribution in [0, 0.1) is 82.9 Å². The number of hydrogen-bond acceptors (Lipinski definition) is 10. The summed E-state index contributed by atoms with van der Waals surface area (Å²) >= 11 is 0. The van der Waals surface area contributed by atoms with Crippen LogP contribution in [0.3, 0.4) is 0 Å². The molecule has 0 aliphatic heterocycles. The number of rotatable bonds is 11. The first-order valence-corrected chi connectivity index (χ1v) is 27.3. The third-order valence-electron chi connectivity index (χ3n) is 19.4. The van der Waals surface area contributed by atoms with Gasteiger partial charge in [-0.05, 0) is 211 Å². The van der Waals surface area contributed by atoms with E-state index < -0.39 is 35.6 Å². The number of carbonyl (C=O) groups excluding carboxylic acids is 2. The Morgan fingerprint density at radius 3 is 1.14 bits per heavy atom. The number of hydrogen-bond donors (Lipinski definition) is 8. The minimum absolute atomic E-state index is 0.0297. The number of carbonyl (C=O) groups is 2. The van der Waals surface area contributed by atoms with Gasteiger partial charge in [0, 0.05) is 59.5 Å². The molecule has 0 aromatic carbocycles. The van der Waals surface area contributed by atoms with E-state index in [2.05, 4.69) is 24.5 Å². The van der Waals surface area contributed by atoms with Crippen LogP contribution in [0.15, 0.2) is 46.2 Å². The zero-order valence-corrected chi connectivity index (χ0v) is 41.6. The van der Waals surface area contributed by atoms with Gasteiger partial charge in [-0.1, -0.05) is 41.5 Å². The Hall–Kier alpha value is -2.66. The maximum atomic E-state index is 14.4. The van der Waals surface area contributed by atoms with Gasteiger partial charge in [0.2, 0.25) is 11.6 Å². The van der Waals surface area contributed by atoms with Crippen molar-refractivity contribution in [1.82, 2.24) is 10.6 Å². The highest BCUT2D eigenvalue weighted by Crippen LogP contribution is 2.58. The Morgan fingerprint density at radius 2 is 0.833 bits per heavy atom. The van der Waals surface area contributed by atoms with E-state index in [1.807, 2.05) is 40.1 Å². The largest absolute Gasteiger partial charge is 0.504 e. The lowest BCUT2D eigenvalue weighted by Crippen LogP contribution is -2.58. The normalized spacial score (nSPS) is 43.9. The van der Waals surface area contributed by atoms with Gasteiger partial charge in [-0.25, -0.2) is 0 Å². The maximum absolute atomic E-state index is 14.4. The molecule has 0 aromatic heterocycles. The predicted molar refractivity (Wildman–Crippen MR) is 263 cm³/mol. The minimum atomic E-state index is -0.950. The van der Waals surface area contributed by atoms with Crippen molar-refractivity contribution >= 4 is 11.6 Å². The SMILES string of the molecule is CC(C)C1=C(O)C(=O)/C(=C\NC2CCC(CC3CCC(N)CC3)CC2)C2C1CC(C)C(C1C(C)CC3C(C(C)C)=C(O)C(=O)/C(=C/NC4CCC(CC5CCC(N)CC5)CC4)C3C1O)C2O. The molecule has 0 aromatic rings. The molecule has 10 heteroatoms. The van der Waals surface area contributed by atoms with E-state index in [1.54, 1.807) is 0 Å². The second-order valence-electron chi connectivity index (χ2n) is 24.4. The summed E-state index contributed by atoms with van der Waals surface area (Å²) in [5, 5.41) is 56.4. The van der Waals surface area contributed by atoms with Crippen molar-refractivity contribution in [2.45, 2.75) is 206 Å². The van der Waals surface area contributed by atoms with Crippen molar-refractivity contribution < 1.29 is 30.0 Å². The molecule has 0 radical (unpaired) electrons. The number of Topliss-reactive ketones (excluding diaryl/α,β-unsaturated/α-hetero) is 2. The Labute approximate surface area is 397 Å². The number of nitrogens with one attached hydrogen (secondary N) is 2. The molecule has 6 saturated carbocycles. The third kappa shape index (κ3) is 10.3. The Morgan fingerprint density at radius 1 is 0.530 bits per heavy atom. The summed E-state index contributed by atoms with van der Waals surface area (Å²) in [5.74, 6) is -0.504. The maximum Gasteiger partial charge on any atom is 0.225 e. The molecule has 8 aliphatic carbocycles. The van der Waals surface area contributed by atoms with Crippen molar-refractivity contribution in [3.8, 4) is 0 Å². The molecule has 10 N–H and O–H groups in total. The van der Waals surface area contributed by atoms with Gasteiger partial charge < -0.3 is 42.5 Å². The van der Waals surface area contributed by atoms with E-state index in [0.717, 1.165) is 112 Å². The third-order valence-corrected chi connectivity index (χ3v) is 19.4. The fourth-order valence-electron chi connectivity index (χ4n) is 15.9. The summed E-state index contributed by atoms with van der Waals surface area (Å²) < 4.78 is 0. The second-order valence-corrected chi connectivity index (χ2v) is 24.4. The van der Waals surface area contributed by atoms with Gasteiger partial charge in [0.05, 0.1) is 12.2 Å². The van der Waals surface area contributed by atoms with Crippen molar-refractivity contribution in [1.29, 1.82) is 0 Å². The summed E-state index contributed by atoms with van der Waals surface area (Å²) in [6, 6.07) is 1.19. The minimum Gasteiger partial charge on any atom is -0.504 e. The van der Waals surface area contributed by atoms with Crippen LogP contribution in [0.2, 0.25) is 0 Å². The van der Waals surface area contributed by atoms with Crippen molar-refractivity contribution in [2.24, 2.45) is 94.3 Å². The molecule has 6 fully saturated rings. The molecule has 0 bridgehead atoms. The van der Waals surface area contributed by atoms with E-state index in [1.165, 1.54) is 38.5 Å². The lowest BCUT2D eigenvalue weighted by molar-refractivity contribution is -0.135. The highest BCUT2D eigenvalue weighted by atomic mass is 16.3. The quantitative estimate of drug-likeness (QED) is 0.0927. The molecule has 370 valence electrons. The second kappa shape index (κ2) is 21.1.